The standard InChI is InChI=1S/C7H8N2O2/c1-9-4-8-7-6(9)2-5(3-10)11-7/h2,4,10H,3H2,1H3. The van der Waals surface area contributed by atoms with E-state index in [2.05, 4.69) is 4.98 Å². The van der Waals surface area contributed by atoms with E-state index >= 15 is 0 Å². The molecule has 0 spiro atoms. The zero-order valence-corrected chi connectivity index (χ0v) is 6.11. The summed E-state index contributed by atoms with van der Waals surface area (Å²) in [5.74, 6) is 0.554. The first kappa shape index (κ1) is 6.42. The minimum absolute atomic E-state index is 0.0731. The lowest BCUT2D eigenvalue weighted by Gasteiger charge is -1.84. The molecule has 0 saturated heterocycles. The van der Waals surface area contributed by atoms with Gasteiger partial charge in [-0.2, -0.15) is 0 Å². The number of aryl methyl sites for hydroxylation is 1. The molecule has 0 atom stereocenters. The van der Waals surface area contributed by atoms with E-state index in [4.69, 9.17) is 9.52 Å². The molecule has 11 heavy (non-hydrogen) atoms. The first-order valence-electron chi connectivity index (χ1n) is 3.32. The Morgan fingerprint density at radius 2 is 2.55 bits per heavy atom. The van der Waals surface area contributed by atoms with E-state index in [0.717, 1.165) is 5.52 Å². The minimum Gasteiger partial charge on any atom is -0.439 e. The van der Waals surface area contributed by atoms with Crippen molar-refractivity contribution < 1.29 is 9.52 Å². The number of fused-ring (bicyclic) bond motifs is 1. The Kier molecular flexibility index (Phi) is 1.22. The molecule has 2 heterocycles. The molecule has 0 aliphatic carbocycles. The summed E-state index contributed by atoms with van der Waals surface area (Å²) in [6, 6.07) is 1.78. The Morgan fingerprint density at radius 1 is 1.73 bits per heavy atom. The Bertz CT molecular complexity index is 375. The maximum Gasteiger partial charge on any atom is 0.244 e. The van der Waals surface area contributed by atoms with Crippen molar-refractivity contribution in [1.29, 1.82) is 0 Å². The van der Waals surface area contributed by atoms with Gasteiger partial charge in [0.05, 0.1) is 6.33 Å². The molecule has 0 aromatic carbocycles. The number of furan rings is 1. The zero-order valence-electron chi connectivity index (χ0n) is 6.11. The fraction of sp³-hybridized carbons (Fsp3) is 0.286. The third-order valence-electron chi connectivity index (χ3n) is 1.63. The average molecular weight is 152 g/mol. The zero-order chi connectivity index (χ0) is 7.84. The fourth-order valence-electron chi connectivity index (χ4n) is 1.04. The third kappa shape index (κ3) is 0.832. The topological polar surface area (TPSA) is 51.2 Å². The highest BCUT2D eigenvalue weighted by molar-refractivity contribution is 5.69. The van der Waals surface area contributed by atoms with Gasteiger partial charge in [-0.05, 0) is 0 Å². The smallest absolute Gasteiger partial charge is 0.244 e. The summed E-state index contributed by atoms with van der Waals surface area (Å²) in [5, 5.41) is 8.72. The number of nitrogens with zero attached hydrogens (tertiary/aromatic N) is 2. The van der Waals surface area contributed by atoms with E-state index in [9.17, 15) is 0 Å². The molecular weight excluding hydrogens is 144 g/mol. The van der Waals surface area contributed by atoms with Crippen molar-refractivity contribution in [3.05, 3.63) is 18.2 Å². The lowest BCUT2D eigenvalue weighted by Crippen LogP contribution is -1.81. The summed E-state index contributed by atoms with van der Waals surface area (Å²) < 4.78 is 7.00. The summed E-state index contributed by atoms with van der Waals surface area (Å²) in [7, 11) is 1.88. The van der Waals surface area contributed by atoms with E-state index in [1.807, 2.05) is 11.6 Å². The number of imidazole rings is 1. The minimum atomic E-state index is -0.0731. The van der Waals surface area contributed by atoms with Crippen LogP contribution in [0, 0.1) is 0 Å². The van der Waals surface area contributed by atoms with Crippen molar-refractivity contribution in [3.8, 4) is 0 Å². The Labute approximate surface area is 63.1 Å². The molecular formula is C7H8N2O2. The van der Waals surface area contributed by atoms with Crippen molar-refractivity contribution >= 4 is 11.2 Å². The Hall–Kier alpha value is -1.29. The molecule has 0 aliphatic rings. The van der Waals surface area contributed by atoms with E-state index in [1.54, 1.807) is 12.4 Å². The second kappa shape index (κ2) is 2.10. The third-order valence-corrected chi connectivity index (χ3v) is 1.63. The number of aliphatic hydroxyl groups is 1. The molecule has 58 valence electrons. The second-order valence-corrected chi connectivity index (χ2v) is 2.42. The summed E-state index contributed by atoms with van der Waals surface area (Å²) in [4.78, 5) is 3.97. The molecule has 0 fully saturated rings. The Balaban J connectivity index is 2.70. The van der Waals surface area contributed by atoms with Gasteiger partial charge in [0.25, 0.3) is 0 Å². The second-order valence-electron chi connectivity index (χ2n) is 2.42. The first-order chi connectivity index (χ1) is 5.31. The molecule has 0 amide bonds. The maximum atomic E-state index is 8.72. The van der Waals surface area contributed by atoms with E-state index in [1.165, 1.54) is 0 Å². The highest BCUT2D eigenvalue weighted by Crippen LogP contribution is 2.16. The monoisotopic (exact) mass is 152 g/mol. The number of hydrogen-bond donors (Lipinski definition) is 1. The van der Waals surface area contributed by atoms with Crippen molar-refractivity contribution in [2.24, 2.45) is 7.05 Å². The molecule has 0 radical (unpaired) electrons. The van der Waals surface area contributed by atoms with Crippen LogP contribution in [0.4, 0.5) is 0 Å². The van der Waals surface area contributed by atoms with Crippen LogP contribution in [0.5, 0.6) is 0 Å². The number of hydrogen-bond acceptors (Lipinski definition) is 3. The predicted molar refractivity (Wildman–Crippen MR) is 38.9 cm³/mol. The molecule has 0 saturated carbocycles. The number of aliphatic hydroxyl groups excluding tert-OH is 1. The van der Waals surface area contributed by atoms with Crippen LogP contribution in [0.15, 0.2) is 16.8 Å². The van der Waals surface area contributed by atoms with Gasteiger partial charge in [-0.1, -0.05) is 0 Å². The van der Waals surface area contributed by atoms with Gasteiger partial charge in [0.15, 0.2) is 0 Å². The van der Waals surface area contributed by atoms with Crippen molar-refractivity contribution in [2.45, 2.75) is 6.61 Å². The van der Waals surface area contributed by atoms with E-state index in [-0.39, 0.29) is 6.61 Å². The van der Waals surface area contributed by atoms with Crippen LogP contribution in [0.2, 0.25) is 0 Å². The van der Waals surface area contributed by atoms with Gasteiger partial charge >= 0.3 is 0 Å². The lowest BCUT2D eigenvalue weighted by atomic mass is 10.4. The van der Waals surface area contributed by atoms with E-state index < -0.39 is 0 Å². The predicted octanol–water partition coefficient (Wildman–Crippen LogP) is 0.659. The largest absolute Gasteiger partial charge is 0.439 e. The van der Waals surface area contributed by atoms with Crippen LogP contribution in [0.25, 0.3) is 11.2 Å². The molecule has 2 aromatic heterocycles. The average Bonchev–Trinajstić information content (AvgIpc) is 2.53. The molecule has 0 unspecified atom stereocenters. The van der Waals surface area contributed by atoms with Gasteiger partial charge in [-0.15, -0.1) is 0 Å². The quantitative estimate of drug-likeness (QED) is 0.653. The SMILES string of the molecule is Cn1cnc2oc(CO)cc21. The first-order valence-corrected chi connectivity index (χ1v) is 3.32. The number of rotatable bonds is 1. The van der Waals surface area contributed by atoms with Crippen molar-refractivity contribution in [1.82, 2.24) is 9.55 Å². The van der Waals surface area contributed by atoms with Gasteiger partial charge in [-0.3, -0.25) is 0 Å². The van der Waals surface area contributed by atoms with Gasteiger partial charge in [0.2, 0.25) is 5.71 Å². The summed E-state index contributed by atoms with van der Waals surface area (Å²) >= 11 is 0. The molecule has 2 aromatic rings. The fourth-order valence-corrected chi connectivity index (χ4v) is 1.04. The van der Waals surface area contributed by atoms with Crippen LogP contribution in [0.3, 0.4) is 0 Å². The van der Waals surface area contributed by atoms with Gasteiger partial charge in [0.1, 0.15) is 17.9 Å². The number of aromatic nitrogens is 2. The lowest BCUT2D eigenvalue weighted by molar-refractivity contribution is 0.250. The normalized spacial score (nSPS) is 11.1. The van der Waals surface area contributed by atoms with Crippen LogP contribution in [-0.4, -0.2) is 14.7 Å². The van der Waals surface area contributed by atoms with Crippen molar-refractivity contribution in [3.63, 3.8) is 0 Å². The molecule has 0 aliphatic heterocycles. The summed E-state index contributed by atoms with van der Waals surface area (Å²) in [6.07, 6.45) is 1.68. The van der Waals surface area contributed by atoms with Crippen LogP contribution >= 0.6 is 0 Å². The highest BCUT2D eigenvalue weighted by atomic mass is 16.4. The molecule has 1 N–H and O–H groups in total. The van der Waals surface area contributed by atoms with Crippen LogP contribution < -0.4 is 0 Å². The van der Waals surface area contributed by atoms with Gasteiger partial charge in [-0.25, -0.2) is 4.98 Å². The van der Waals surface area contributed by atoms with Gasteiger partial charge in [0, 0.05) is 13.1 Å². The van der Waals surface area contributed by atoms with Gasteiger partial charge < -0.3 is 14.1 Å². The molecule has 4 heteroatoms. The molecule has 0 bridgehead atoms. The molecule has 4 nitrogen and oxygen atoms in total. The maximum absolute atomic E-state index is 8.72. The van der Waals surface area contributed by atoms with E-state index in [0.29, 0.717) is 11.5 Å². The summed E-state index contributed by atoms with van der Waals surface area (Å²) in [5.41, 5.74) is 1.49. The highest BCUT2D eigenvalue weighted by Gasteiger charge is 2.05. The van der Waals surface area contributed by atoms with Crippen LogP contribution in [0.1, 0.15) is 5.76 Å². The summed E-state index contributed by atoms with van der Waals surface area (Å²) in [6.45, 7) is -0.0731. The molecule has 2 rings (SSSR count). The van der Waals surface area contributed by atoms with Crippen LogP contribution in [-0.2, 0) is 13.7 Å². The van der Waals surface area contributed by atoms with Crippen molar-refractivity contribution in [2.75, 3.05) is 0 Å². The Morgan fingerprint density at radius 3 is 3.18 bits per heavy atom.